The van der Waals surface area contributed by atoms with Crippen molar-refractivity contribution >= 4 is 5.91 Å². The van der Waals surface area contributed by atoms with Gasteiger partial charge in [0.2, 0.25) is 0 Å². The van der Waals surface area contributed by atoms with E-state index in [1.54, 1.807) is 42.7 Å². The minimum Gasteiger partial charge on any atom is -0.424 e. The number of pyridine rings is 1. The number of benzene rings is 1. The van der Waals surface area contributed by atoms with Crippen molar-refractivity contribution in [2.24, 2.45) is 0 Å². The van der Waals surface area contributed by atoms with E-state index < -0.39 is 0 Å². The van der Waals surface area contributed by atoms with Gasteiger partial charge in [0.05, 0.1) is 5.56 Å². The molecule has 4 rings (SSSR count). The second-order valence-corrected chi connectivity index (χ2v) is 5.73. The minimum atomic E-state index is -0.213. The number of rotatable bonds is 6. The van der Waals surface area contributed by atoms with Crippen LogP contribution in [-0.4, -0.2) is 36.0 Å². The first-order valence-electron chi connectivity index (χ1n) is 8.42. The maximum atomic E-state index is 12.3. The van der Waals surface area contributed by atoms with Crippen LogP contribution in [0.15, 0.2) is 67.4 Å². The van der Waals surface area contributed by atoms with E-state index in [9.17, 15) is 4.79 Å². The fraction of sp³-hybridized carbons (Fsp3) is 0.0526. The maximum absolute atomic E-state index is 12.3. The summed E-state index contributed by atoms with van der Waals surface area (Å²) >= 11 is 0. The molecule has 0 fully saturated rings. The number of carbonyl (C=O) groups excluding carboxylic acids is 1. The summed E-state index contributed by atoms with van der Waals surface area (Å²) in [6, 6.07) is 12.7. The molecule has 0 bridgehead atoms. The normalized spacial score (nSPS) is 10.4. The summed E-state index contributed by atoms with van der Waals surface area (Å²) in [4.78, 5) is 28.6. The van der Waals surface area contributed by atoms with Crippen LogP contribution in [0.25, 0.3) is 11.5 Å². The van der Waals surface area contributed by atoms with Crippen LogP contribution in [0.2, 0.25) is 0 Å². The number of H-pyrrole nitrogens is 1. The molecule has 0 saturated heterocycles. The molecule has 0 aliphatic heterocycles. The smallest absolute Gasteiger partial charge is 0.321 e. The highest BCUT2D eigenvalue weighted by Crippen LogP contribution is 2.17. The maximum Gasteiger partial charge on any atom is 0.321 e. The summed E-state index contributed by atoms with van der Waals surface area (Å²) in [6.45, 7) is 0.380. The summed E-state index contributed by atoms with van der Waals surface area (Å²) in [5.41, 5.74) is 2.01. The van der Waals surface area contributed by atoms with Gasteiger partial charge in [0.1, 0.15) is 17.8 Å². The number of aromatic nitrogens is 6. The lowest BCUT2D eigenvalue weighted by Gasteiger charge is -2.07. The van der Waals surface area contributed by atoms with Crippen LogP contribution >= 0.6 is 0 Å². The second-order valence-electron chi connectivity index (χ2n) is 5.73. The van der Waals surface area contributed by atoms with E-state index in [0.717, 1.165) is 5.56 Å². The molecule has 28 heavy (non-hydrogen) atoms. The lowest BCUT2D eigenvalue weighted by Crippen LogP contribution is -2.22. The van der Waals surface area contributed by atoms with Gasteiger partial charge in [-0.05, 0) is 35.9 Å². The van der Waals surface area contributed by atoms with Gasteiger partial charge in [0.15, 0.2) is 5.82 Å². The van der Waals surface area contributed by atoms with Crippen LogP contribution in [0.5, 0.6) is 11.8 Å². The van der Waals surface area contributed by atoms with E-state index in [0.29, 0.717) is 29.4 Å². The molecule has 0 atom stereocenters. The van der Waals surface area contributed by atoms with Gasteiger partial charge < -0.3 is 10.1 Å². The zero-order valence-electron chi connectivity index (χ0n) is 14.6. The van der Waals surface area contributed by atoms with E-state index in [2.05, 4.69) is 35.5 Å². The molecular weight excluding hydrogens is 358 g/mol. The van der Waals surface area contributed by atoms with Crippen LogP contribution in [-0.2, 0) is 6.54 Å². The largest absolute Gasteiger partial charge is 0.424 e. The van der Waals surface area contributed by atoms with Crippen molar-refractivity contribution in [2.45, 2.75) is 6.54 Å². The number of hydrogen-bond acceptors (Lipinski definition) is 7. The molecule has 9 heteroatoms. The number of hydrogen-bond donors (Lipinski definition) is 2. The topological polar surface area (TPSA) is 119 Å². The Bertz CT molecular complexity index is 1030. The van der Waals surface area contributed by atoms with Crippen molar-refractivity contribution in [2.75, 3.05) is 0 Å². The summed E-state index contributed by atoms with van der Waals surface area (Å²) in [7, 11) is 0. The van der Waals surface area contributed by atoms with Crippen molar-refractivity contribution in [3.8, 4) is 23.3 Å². The van der Waals surface area contributed by atoms with Crippen molar-refractivity contribution in [3.05, 3.63) is 78.5 Å². The SMILES string of the molecule is O=C(NCc1ccc(Oc2ncccn2)cc1)c1ccc(-c2ncn[nH]2)nc1. The van der Waals surface area contributed by atoms with Crippen LogP contribution in [0.3, 0.4) is 0 Å². The summed E-state index contributed by atoms with van der Waals surface area (Å²) in [6.07, 6.45) is 6.13. The Morgan fingerprint density at radius 3 is 2.50 bits per heavy atom. The van der Waals surface area contributed by atoms with Crippen molar-refractivity contribution in [1.82, 2.24) is 35.5 Å². The average Bonchev–Trinajstić information content (AvgIpc) is 3.29. The third-order valence-corrected chi connectivity index (χ3v) is 3.81. The Labute approximate surface area is 159 Å². The average molecular weight is 373 g/mol. The second kappa shape index (κ2) is 8.04. The number of carbonyl (C=O) groups is 1. The standard InChI is InChI=1S/C19H15N7O2/c27-18(14-4-7-16(22-11-14)17-24-12-25-26-17)23-10-13-2-5-15(6-3-13)28-19-20-8-1-9-21-19/h1-9,11-12H,10H2,(H,23,27)(H,24,25,26). The Kier molecular flexibility index (Phi) is 4.96. The molecule has 1 aromatic carbocycles. The molecule has 0 spiro atoms. The number of aromatic amines is 1. The fourth-order valence-electron chi connectivity index (χ4n) is 2.40. The summed E-state index contributed by atoms with van der Waals surface area (Å²) in [5, 5.41) is 9.36. The Balaban J connectivity index is 1.33. The Morgan fingerprint density at radius 2 is 1.82 bits per heavy atom. The minimum absolute atomic E-state index is 0.213. The van der Waals surface area contributed by atoms with Crippen LogP contribution in [0.1, 0.15) is 15.9 Å². The number of amides is 1. The highest BCUT2D eigenvalue weighted by Gasteiger charge is 2.08. The van der Waals surface area contributed by atoms with Crippen LogP contribution in [0, 0.1) is 0 Å². The first kappa shape index (κ1) is 17.3. The van der Waals surface area contributed by atoms with Crippen molar-refractivity contribution in [3.63, 3.8) is 0 Å². The zero-order valence-corrected chi connectivity index (χ0v) is 14.6. The molecule has 2 N–H and O–H groups in total. The fourth-order valence-corrected chi connectivity index (χ4v) is 2.40. The summed E-state index contributed by atoms with van der Waals surface area (Å²) < 4.78 is 5.54. The van der Waals surface area contributed by atoms with Crippen molar-refractivity contribution in [1.29, 1.82) is 0 Å². The van der Waals surface area contributed by atoms with E-state index in [-0.39, 0.29) is 11.9 Å². The van der Waals surface area contributed by atoms with Crippen LogP contribution in [0.4, 0.5) is 0 Å². The third kappa shape index (κ3) is 4.15. The third-order valence-electron chi connectivity index (χ3n) is 3.81. The molecule has 1 amide bonds. The molecular formula is C19H15N7O2. The first-order valence-corrected chi connectivity index (χ1v) is 8.42. The molecule has 138 valence electrons. The Morgan fingerprint density at radius 1 is 1.00 bits per heavy atom. The van der Waals surface area contributed by atoms with E-state index >= 15 is 0 Å². The van der Waals surface area contributed by atoms with Gasteiger partial charge >= 0.3 is 6.01 Å². The van der Waals surface area contributed by atoms with Gasteiger partial charge in [0.25, 0.3) is 5.91 Å². The first-order chi connectivity index (χ1) is 13.8. The quantitative estimate of drug-likeness (QED) is 0.532. The van der Waals surface area contributed by atoms with E-state index in [1.807, 2.05) is 12.1 Å². The van der Waals surface area contributed by atoms with Crippen LogP contribution < -0.4 is 10.1 Å². The molecule has 0 saturated carbocycles. The van der Waals surface area contributed by atoms with Gasteiger partial charge in [-0.2, -0.15) is 5.10 Å². The predicted octanol–water partition coefficient (Wildman–Crippen LogP) is 2.38. The van der Waals surface area contributed by atoms with E-state index in [4.69, 9.17) is 4.74 Å². The molecule has 3 heterocycles. The lowest BCUT2D eigenvalue weighted by atomic mass is 10.2. The van der Waals surface area contributed by atoms with Gasteiger partial charge in [-0.3, -0.25) is 14.9 Å². The molecule has 4 aromatic rings. The molecule has 0 unspecified atom stereocenters. The lowest BCUT2D eigenvalue weighted by molar-refractivity contribution is 0.0950. The van der Waals surface area contributed by atoms with Gasteiger partial charge in [0, 0.05) is 25.1 Å². The molecule has 3 aromatic heterocycles. The van der Waals surface area contributed by atoms with Gasteiger partial charge in [-0.25, -0.2) is 15.0 Å². The zero-order chi connectivity index (χ0) is 19.2. The predicted molar refractivity (Wildman–Crippen MR) is 99.3 cm³/mol. The monoisotopic (exact) mass is 373 g/mol. The van der Waals surface area contributed by atoms with Crippen molar-refractivity contribution < 1.29 is 9.53 Å². The molecule has 0 radical (unpaired) electrons. The molecule has 0 aliphatic rings. The molecule has 9 nitrogen and oxygen atoms in total. The van der Waals surface area contributed by atoms with Gasteiger partial charge in [-0.15, -0.1) is 0 Å². The van der Waals surface area contributed by atoms with E-state index in [1.165, 1.54) is 12.5 Å². The Hall–Kier alpha value is -4.14. The number of nitrogens with zero attached hydrogens (tertiary/aromatic N) is 5. The highest BCUT2D eigenvalue weighted by atomic mass is 16.5. The van der Waals surface area contributed by atoms with Gasteiger partial charge in [-0.1, -0.05) is 12.1 Å². The number of nitrogens with one attached hydrogen (secondary N) is 2. The summed E-state index contributed by atoms with van der Waals surface area (Å²) in [5.74, 6) is 0.957. The highest BCUT2D eigenvalue weighted by molar-refractivity contribution is 5.94. The number of ether oxygens (including phenoxy) is 1. The molecule has 0 aliphatic carbocycles.